The molecule has 1 saturated carbocycles. The number of aliphatic hydroxyl groups excluding tert-OH is 1. The zero-order valence-corrected chi connectivity index (χ0v) is 10.9. The van der Waals surface area contributed by atoms with Crippen molar-refractivity contribution in [2.75, 3.05) is 0 Å². The summed E-state index contributed by atoms with van der Waals surface area (Å²) in [5, 5.41) is 10.2. The van der Waals surface area contributed by atoms with E-state index in [4.69, 9.17) is 23.2 Å². The summed E-state index contributed by atoms with van der Waals surface area (Å²) in [6, 6.07) is 1.80. The van der Waals surface area contributed by atoms with Crippen molar-refractivity contribution in [2.45, 2.75) is 32.3 Å². The minimum absolute atomic E-state index is 0.341. The minimum atomic E-state index is -0.446. The van der Waals surface area contributed by atoms with Crippen LogP contribution in [0.3, 0.4) is 0 Å². The Morgan fingerprint density at radius 1 is 1.47 bits per heavy atom. The van der Waals surface area contributed by atoms with Gasteiger partial charge in [-0.2, -0.15) is 0 Å². The van der Waals surface area contributed by atoms with Gasteiger partial charge in [-0.25, -0.2) is 0 Å². The maximum Gasteiger partial charge on any atom is 0.100 e. The Balaban J connectivity index is 2.19. The molecule has 2 rings (SSSR count). The normalized spacial score (nSPS) is 28.3. The third-order valence-corrected chi connectivity index (χ3v) is 4.85. The maximum absolute atomic E-state index is 10.2. The molecule has 1 aliphatic carbocycles. The first-order chi connectivity index (χ1) is 7.09. The van der Waals surface area contributed by atoms with Crippen molar-refractivity contribution in [3.8, 4) is 0 Å². The first-order valence-electron chi connectivity index (χ1n) is 5.22. The van der Waals surface area contributed by atoms with E-state index in [0.717, 1.165) is 12.0 Å². The zero-order valence-electron chi connectivity index (χ0n) is 8.54. The van der Waals surface area contributed by atoms with Crippen molar-refractivity contribution in [1.29, 1.82) is 0 Å². The molecule has 0 amide bonds. The molecule has 1 aliphatic rings. The number of thiophene rings is 1. The Bertz CT molecular complexity index is 350. The van der Waals surface area contributed by atoms with E-state index in [0.29, 0.717) is 20.5 Å². The average Bonchev–Trinajstić information content (AvgIpc) is 2.71. The predicted molar refractivity (Wildman–Crippen MR) is 65.8 cm³/mol. The van der Waals surface area contributed by atoms with Crippen molar-refractivity contribution in [1.82, 2.24) is 0 Å². The molecule has 1 nitrogen and oxygen atoms in total. The largest absolute Gasteiger partial charge is 0.388 e. The van der Waals surface area contributed by atoms with Crippen molar-refractivity contribution >= 4 is 34.5 Å². The lowest BCUT2D eigenvalue weighted by Gasteiger charge is -2.21. The summed E-state index contributed by atoms with van der Waals surface area (Å²) in [4.78, 5) is 0. The molecule has 84 valence electrons. The van der Waals surface area contributed by atoms with Gasteiger partial charge in [-0.1, -0.05) is 43.0 Å². The Morgan fingerprint density at radius 2 is 2.20 bits per heavy atom. The van der Waals surface area contributed by atoms with Crippen LogP contribution < -0.4 is 0 Å². The monoisotopic (exact) mass is 264 g/mol. The Kier molecular flexibility index (Phi) is 3.61. The quantitative estimate of drug-likeness (QED) is 0.833. The molecule has 0 radical (unpaired) electrons. The van der Waals surface area contributed by atoms with Crippen LogP contribution in [-0.4, -0.2) is 5.11 Å². The van der Waals surface area contributed by atoms with Crippen LogP contribution in [0.2, 0.25) is 8.67 Å². The Labute approximate surface area is 104 Å². The van der Waals surface area contributed by atoms with Crippen LogP contribution in [0.1, 0.15) is 37.9 Å². The average molecular weight is 265 g/mol. The van der Waals surface area contributed by atoms with Crippen LogP contribution in [-0.2, 0) is 0 Å². The Morgan fingerprint density at radius 3 is 2.67 bits per heavy atom. The highest BCUT2D eigenvalue weighted by atomic mass is 35.5. The van der Waals surface area contributed by atoms with Gasteiger partial charge in [0.1, 0.15) is 4.34 Å². The molecule has 3 atom stereocenters. The molecule has 0 spiro atoms. The van der Waals surface area contributed by atoms with E-state index >= 15 is 0 Å². The third kappa shape index (κ3) is 2.33. The molecule has 15 heavy (non-hydrogen) atoms. The lowest BCUT2D eigenvalue weighted by Crippen LogP contribution is -2.14. The van der Waals surface area contributed by atoms with Crippen molar-refractivity contribution in [3.63, 3.8) is 0 Å². The molecule has 1 heterocycles. The first kappa shape index (κ1) is 11.7. The van der Waals surface area contributed by atoms with Crippen LogP contribution >= 0.6 is 34.5 Å². The van der Waals surface area contributed by atoms with Crippen LogP contribution in [0.15, 0.2) is 6.07 Å². The SMILES string of the molecule is CC1CCCC1C(O)c1cc(Cl)sc1Cl. The van der Waals surface area contributed by atoms with Gasteiger partial charge in [0, 0.05) is 5.56 Å². The van der Waals surface area contributed by atoms with E-state index in [1.165, 1.54) is 24.2 Å². The minimum Gasteiger partial charge on any atom is -0.388 e. The fourth-order valence-corrected chi connectivity index (χ4v) is 3.97. The number of hydrogen-bond acceptors (Lipinski definition) is 2. The molecule has 1 N–H and O–H groups in total. The summed E-state index contributed by atoms with van der Waals surface area (Å²) in [7, 11) is 0. The molecule has 1 fully saturated rings. The molecule has 0 bridgehead atoms. The lowest BCUT2D eigenvalue weighted by atomic mass is 9.89. The van der Waals surface area contributed by atoms with Gasteiger partial charge in [-0.3, -0.25) is 0 Å². The molecule has 3 unspecified atom stereocenters. The molecule has 0 aliphatic heterocycles. The van der Waals surface area contributed by atoms with E-state index < -0.39 is 6.10 Å². The molecular formula is C11H14Cl2OS. The van der Waals surface area contributed by atoms with Crippen molar-refractivity contribution < 1.29 is 5.11 Å². The molecule has 0 saturated heterocycles. The summed E-state index contributed by atoms with van der Waals surface area (Å²) >= 11 is 13.2. The molecule has 4 heteroatoms. The van der Waals surface area contributed by atoms with Crippen LogP contribution in [0, 0.1) is 11.8 Å². The van der Waals surface area contributed by atoms with Gasteiger partial charge >= 0.3 is 0 Å². The van der Waals surface area contributed by atoms with E-state index in [-0.39, 0.29) is 0 Å². The van der Waals surface area contributed by atoms with E-state index in [9.17, 15) is 5.11 Å². The summed E-state index contributed by atoms with van der Waals surface area (Å²) in [5.41, 5.74) is 0.811. The zero-order chi connectivity index (χ0) is 11.0. The Hall–Kier alpha value is 0.240. The van der Waals surface area contributed by atoms with Gasteiger partial charge < -0.3 is 5.11 Å². The number of hydrogen-bond donors (Lipinski definition) is 1. The van der Waals surface area contributed by atoms with Gasteiger partial charge in [0.2, 0.25) is 0 Å². The van der Waals surface area contributed by atoms with E-state index in [1.807, 2.05) is 0 Å². The third-order valence-electron chi connectivity index (χ3n) is 3.34. The van der Waals surface area contributed by atoms with Crippen molar-refractivity contribution in [3.05, 3.63) is 20.3 Å². The second kappa shape index (κ2) is 4.62. The molecular weight excluding hydrogens is 251 g/mol. The fraction of sp³-hybridized carbons (Fsp3) is 0.636. The van der Waals surface area contributed by atoms with Crippen LogP contribution in [0.5, 0.6) is 0 Å². The second-order valence-electron chi connectivity index (χ2n) is 4.30. The lowest BCUT2D eigenvalue weighted by molar-refractivity contribution is 0.0905. The number of rotatable bonds is 2. The van der Waals surface area contributed by atoms with Gasteiger partial charge in [-0.05, 0) is 24.3 Å². The fourth-order valence-electron chi connectivity index (χ4n) is 2.43. The van der Waals surface area contributed by atoms with Gasteiger partial charge in [0.15, 0.2) is 0 Å². The molecule has 1 aromatic rings. The van der Waals surface area contributed by atoms with E-state index in [2.05, 4.69) is 6.92 Å². The van der Waals surface area contributed by atoms with Crippen molar-refractivity contribution in [2.24, 2.45) is 11.8 Å². The van der Waals surface area contributed by atoms with Gasteiger partial charge in [0.25, 0.3) is 0 Å². The highest BCUT2D eigenvalue weighted by molar-refractivity contribution is 7.20. The van der Waals surface area contributed by atoms with E-state index in [1.54, 1.807) is 6.07 Å². The van der Waals surface area contributed by atoms with Gasteiger partial charge in [0.05, 0.1) is 10.4 Å². The second-order valence-corrected chi connectivity index (χ2v) is 6.58. The van der Waals surface area contributed by atoms with Crippen LogP contribution in [0.25, 0.3) is 0 Å². The summed E-state index contributed by atoms with van der Waals surface area (Å²) in [6.45, 7) is 2.20. The predicted octanol–water partition coefficient (Wildman–Crippen LogP) is 4.52. The summed E-state index contributed by atoms with van der Waals surface area (Å²) < 4.78 is 1.28. The molecule has 1 aromatic heterocycles. The molecule has 0 aromatic carbocycles. The number of aliphatic hydroxyl groups is 1. The first-order valence-corrected chi connectivity index (χ1v) is 6.79. The standard InChI is InChI=1S/C11H14Cl2OS/c1-6-3-2-4-7(6)10(14)8-5-9(12)15-11(8)13/h5-7,10,14H,2-4H2,1H3. The number of halogens is 2. The summed E-state index contributed by atoms with van der Waals surface area (Å²) in [5.74, 6) is 0.919. The smallest absolute Gasteiger partial charge is 0.100 e. The topological polar surface area (TPSA) is 20.2 Å². The van der Waals surface area contributed by atoms with Gasteiger partial charge in [-0.15, -0.1) is 11.3 Å². The van der Waals surface area contributed by atoms with Crippen LogP contribution in [0.4, 0.5) is 0 Å². The highest BCUT2D eigenvalue weighted by Gasteiger charge is 2.32. The summed E-state index contributed by atoms with van der Waals surface area (Å²) in [6.07, 6.45) is 3.06. The maximum atomic E-state index is 10.2. The highest BCUT2D eigenvalue weighted by Crippen LogP contribution is 2.44.